The summed E-state index contributed by atoms with van der Waals surface area (Å²) in [5.41, 5.74) is 1.84. The molecule has 156 valence electrons. The quantitative estimate of drug-likeness (QED) is 0.562. The summed E-state index contributed by atoms with van der Waals surface area (Å²) in [4.78, 5) is 51.2. The molecule has 2 aromatic rings. The molecule has 1 aliphatic rings. The molecule has 3 amide bonds. The fourth-order valence-corrected chi connectivity index (χ4v) is 3.45. The first-order chi connectivity index (χ1) is 14.3. The Morgan fingerprint density at radius 2 is 1.53 bits per heavy atom. The third kappa shape index (κ3) is 4.25. The molecule has 7 nitrogen and oxygen atoms in total. The topological polar surface area (TPSA) is 92.8 Å². The van der Waals surface area contributed by atoms with Gasteiger partial charge in [0.05, 0.1) is 23.8 Å². The Bertz CT molecular complexity index is 946. The number of fused-ring (bicyclic) bond motifs is 1. The SMILES string of the molecule is COC(=O)c1ccc(CNC(=O)C(CC(C)C)N2C(=O)c3ccccc3C2=O)cc1. The number of imide groups is 1. The van der Waals surface area contributed by atoms with Crippen molar-refractivity contribution in [3.63, 3.8) is 0 Å². The summed E-state index contributed by atoms with van der Waals surface area (Å²) in [6.45, 7) is 4.08. The zero-order valence-corrected chi connectivity index (χ0v) is 17.2. The summed E-state index contributed by atoms with van der Waals surface area (Å²) in [6.07, 6.45) is 0.360. The van der Waals surface area contributed by atoms with Crippen molar-refractivity contribution in [3.8, 4) is 0 Å². The van der Waals surface area contributed by atoms with Gasteiger partial charge in [-0.25, -0.2) is 4.79 Å². The number of rotatable bonds is 7. The van der Waals surface area contributed by atoms with E-state index in [-0.39, 0.29) is 12.5 Å². The van der Waals surface area contributed by atoms with Crippen LogP contribution in [0.5, 0.6) is 0 Å². The Balaban J connectivity index is 1.75. The molecule has 0 saturated carbocycles. The van der Waals surface area contributed by atoms with Gasteiger partial charge in [0.15, 0.2) is 0 Å². The number of esters is 1. The Hall–Kier alpha value is -3.48. The van der Waals surface area contributed by atoms with Crippen LogP contribution in [0.3, 0.4) is 0 Å². The third-order valence-electron chi connectivity index (χ3n) is 4.98. The van der Waals surface area contributed by atoms with E-state index in [4.69, 9.17) is 0 Å². The van der Waals surface area contributed by atoms with Gasteiger partial charge in [0.2, 0.25) is 5.91 Å². The van der Waals surface area contributed by atoms with Gasteiger partial charge < -0.3 is 10.1 Å². The lowest BCUT2D eigenvalue weighted by Crippen LogP contribution is -2.50. The monoisotopic (exact) mass is 408 g/mol. The Morgan fingerprint density at radius 3 is 2.03 bits per heavy atom. The average Bonchev–Trinajstić information content (AvgIpc) is 3.00. The molecule has 2 aromatic carbocycles. The average molecular weight is 408 g/mol. The highest BCUT2D eigenvalue weighted by molar-refractivity contribution is 6.22. The van der Waals surface area contributed by atoms with Crippen LogP contribution in [0.4, 0.5) is 0 Å². The molecular formula is C23H24N2O5. The third-order valence-corrected chi connectivity index (χ3v) is 4.98. The normalized spacial score (nSPS) is 13.9. The van der Waals surface area contributed by atoms with Gasteiger partial charge in [0, 0.05) is 6.54 Å². The molecule has 0 saturated heterocycles. The standard InChI is InChI=1S/C23H24N2O5/c1-14(2)12-19(25-21(27)17-6-4-5-7-18(17)22(25)28)20(26)24-13-15-8-10-16(11-9-15)23(29)30-3/h4-11,14,19H,12-13H2,1-3H3,(H,24,26). The van der Waals surface area contributed by atoms with Crippen molar-refractivity contribution < 1.29 is 23.9 Å². The van der Waals surface area contributed by atoms with Gasteiger partial charge in [-0.2, -0.15) is 0 Å². The lowest BCUT2D eigenvalue weighted by atomic mass is 10.0. The predicted molar refractivity (Wildman–Crippen MR) is 110 cm³/mol. The van der Waals surface area contributed by atoms with Crippen LogP contribution in [0, 0.1) is 5.92 Å². The maximum Gasteiger partial charge on any atom is 0.337 e. The molecule has 1 N–H and O–H groups in total. The van der Waals surface area contributed by atoms with Gasteiger partial charge in [-0.05, 0) is 42.2 Å². The molecule has 0 aliphatic carbocycles. The highest BCUT2D eigenvalue weighted by atomic mass is 16.5. The second-order valence-electron chi connectivity index (χ2n) is 7.58. The molecule has 1 heterocycles. The minimum atomic E-state index is -0.897. The highest BCUT2D eigenvalue weighted by Crippen LogP contribution is 2.27. The van der Waals surface area contributed by atoms with Crippen LogP contribution in [-0.4, -0.2) is 41.7 Å². The van der Waals surface area contributed by atoms with Gasteiger partial charge in [0.1, 0.15) is 6.04 Å². The van der Waals surface area contributed by atoms with E-state index in [0.29, 0.717) is 23.1 Å². The van der Waals surface area contributed by atoms with Gasteiger partial charge in [-0.15, -0.1) is 0 Å². The smallest absolute Gasteiger partial charge is 0.337 e. The number of hydrogen-bond acceptors (Lipinski definition) is 5. The summed E-state index contributed by atoms with van der Waals surface area (Å²) >= 11 is 0. The van der Waals surface area contributed by atoms with Crippen molar-refractivity contribution in [1.29, 1.82) is 0 Å². The van der Waals surface area contributed by atoms with Crippen molar-refractivity contribution >= 4 is 23.7 Å². The Labute approximate surface area is 175 Å². The van der Waals surface area contributed by atoms with Crippen molar-refractivity contribution in [1.82, 2.24) is 10.2 Å². The van der Waals surface area contributed by atoms with Crippen molar-refractivity contribution in [3.05, 3.63) is 70.8 Å². The van der Waals surface area contributed by atoms with Crippen LogP contribution in [0.25, 0.3) is 0 Å². The van der Waals surface area contributed by atoms with Crippen LogP contribution < -0.4 is 5.32 Å². The maximum absolute atomic E-state index is 13.0. The zero-order valence-electron chi connectivity index (χ0n) is 17.2. The first-order valence-corrected chi connectivity index (χ1v) is 9.75. The van der Waals surface area contributed by atoms with E-state index >= 15 is 0 Å². The largest absolute Gasteiger partial charge is 0.465 e. The van der Waals surface area contributed by atoms with Gasteiger partial charge >= 0.3 is 5.97 Å². The molecule has 0 aromatic heterocycles. The molecular weight excluding hydrogens is 384 g/mol. The predicted octanol–water partition coefficient (Wildman–Crippen LogP) is 2.80. The second-order valence-corrected chi connectivity index (χ2v) is 7.58. The number of hydrogen-bond donors (Lipinski definition) is 1. The molecule has 0 radical (unpaired) electrons. The maximum atomic E-state index is 13.0. The number of amides is 3. The Kier molecular flexibility index (Phi) is 6.30. The number of methoxy groups -OCH3 is 1. The van der Waals surface area contributed by atoms with E-state index in [1.807, 2.05) is 13.8 Å². The summed E-state index contributed by atoms with van der Waals surface area (Å²) in [5.74, 6) is -1.62. The Morgan fingerprint density at radius 1 is 0.967 bits per heavy atom. The number of benzene rings is 2. The number of carbonyl (C=O) groups is 4. The number of nitrogens with zero attached hydrogens (tertiary/aromatic N) is 1. The number of carbonyl (C=O) groups excluding carboxylic acids is 4. The fourth-order valence-electron chi connectivity index (χ4n) is 3.45. The minimum Gasteiger partial charge on any atom is -0.465 e. The van der Waals surface area contributed by atoms with Crippen LogP contribution >= 0.6 is 0 Å². The molecule has 0 fully saturated rings. The molecule has 7 heteroatoms. The van der Waals surface area contributed by atoms with Crippen LogP contribution in [0.15, 0.2) is 48.5 Å². The summed E-state index contributed by atoms with van der Waals surface area (Å²) in [5, 5.41) is 2.81. The lowest BCUT2D eigenvalue weighted by Gasteiger charge is -2.26. The molecule has 1 atom stereocenters. The lowest BCUT2D eigenvalue weighted by molar-refractivity contribution is -0.125. The van der Waals surface area contributed by atoms with E-state index in [2.05, 4.69) is 10.1 Å². The van der Waals surface area contributed by atoms with Crippen molar-refractivity contribution in [2.45, 2.75) is 32.9 Å². The van der Waals surface area contributed by atoms with E-state index < -0.39 is 29.7 Å². The number of nitrogens with one attached hydrogen (secondary N) is 1. The molecule has 0 spiro atoms. The molecule has 30 heavy (non-hydrogen) atoms. The molecule has 0 bridgehead atoms. The van der Waals surface area contributed by atoms with Gasteiger partial charge in [-0.1, -0.05) is 38.1 Å². The van der Waals surface area contributed by atoms with Crippen molar-refractivity contribution in [2.75, 3.05) is 7.11 Å². The van der Waals surface area contributed by atoms with Gasteiger partial charge in [0.25, 0.3) is 11.8 Å². The fraction of sp³-hybridized carbons (Fsp3) is 0.304. The zero-order chi connectivity index (χ0) is 21.8. The molecule has 3 rings (SSSR count). The van der Waals surface area contributed by atoms with E-state index in [9.17, 15) is 19.2 Å². The van der Waals surface area contributed by atoms with Gasteiger partial charge in [-0.3, -0.25) is 19.3 Å². The first kappa shape index (κ1) is 21.2. The van der Waals surface area contributed by atoms with E-state index in [0.717, 1.165) is 10.5 Å². The summed E-state index contributed by atoms with van der Waals surface area (Å²) in [7, 11) is 1.31. The van der Waals surface area contributed by atoms with Crippen LogP contribution in [0.1, 0.15) is 56.9 Å². The van der Waals surface area contributed by atoms with Crippen molar-refractivity contribution in [2.24, 2.45) is 5.92 Å². The summed E-state index contributed by atoms with van der Waals surface area (Å²) in [6, 6.07) is 12.4. The first-order valence-electron chi connectivity index (χ1n) is 9.75. The second kappa shape index (κ2) is 8.90. The number of ether oxygens (including phenoxy) is 1. The minimum absolute atomic E-state index is 0.101. The van der Waals surface area contributed by atoms with Crippen LogP contribution in [0.2, 0.25) is 0 Å². The summed E-state index contributed by atoms with van der Waals surface area (Å²) < 4.78 is 4.67. The molecule has 1 unspecified atom stereocenters. The van der Waals surface area contributed by atoms with E-state index in [1.54, 1.807) is 48.5 Å². The van der Waals surface area contributed by atoms with E-state index in [1.165, 1.54) is 7.11 Å². The highest BCUT2D eigenvalue weighted by Gasteiger charge is 2.42. The van der Waals surface area contributed by atoms with Crippen LogP contribution in [-0.2, 0) is 16.1 Å². The molecule has 1 aliphatic heterocycles.